The van der Waals surface area contributed by atoms with Crippen molar-refractivity contribution in [2.75, 3.05) is 0 Å². The fourth-order valence-corrected chi connectivity index (χ4v) is 8.30. The maximum absolute atomic E-state index is 6.53. The molecule has 0 radical (unpaired) electrons. The Kier molecular flexibility index (Phi) is 8.16. The van der Waals surface area contributed by atoms with Crippen LogP contribution < -0.4 is 18.1 Å². The van der Waals surface area contributed by atoms with Crippen molar-refractivity contribution < 1.29 is 18.1 Å². The summed E-state index contributed by atoms with van der Waals surface area (Å²) in [6.07, 6.45) is 3.09. The fraction of sp³-hybridized carbons (Fsp3) is 0.172. The molecule has 0 aliphatic heterocycles. The summed E-state index contributed by atoms with van der Waals surface area (Å²) in [6.45, 7) is 0. The van der Waals surface area contributed by atoms with Gasteiger partial charge in [-0.25, -0.2) is 0 Å². The molecule has 4 aromatic carbocycles. The van der Waals surface area contributed by atoms with E-state index in [0.29, 0.717) is 0 Å². The second-order valence-corrected chi connectivity index (χ2v) is 11.5. The van der Waals surface area contributed by atoms with Crippen molar-refractivity contribution in [3.63, 3.8) is 0 Å². The van der Waals surface area contributed by atoms with Crippen LogP contribution in [0.2, 0.25) is 0 Å². The van der Waals surface area contributed by atoms with Gasteiger partial charge in [-0.1, -0.05) is 79.2 Å². The van der Waals surface area contributed by atoms with E-state index in [1.807, 2.05) is 121 Å². The standard InChI is InChI=1S/C29H28O4P2/c1-5-14-24(15-6-1)30-34(31-25-16-7-2-8-17-25)28-22-13-23-29(28)35(32-26-18-9-3-10-19-26)33-27-20-11-4-12-21-27/h1-12,14-21,28-29H,13,22-23H2/t28-,29-/m0/s1. The van der Waals surface area contributed by atoms with Gasteiger partial charge in [0.25, 0.3) is 16.8 Å². The van der Waals surface area contributed by atoms with Gasteiger partial charge in [0, 0.05) is 0 Å². The highest BCUT2D eigenvalue weighted by Crippen LogP contribution is 2.60. The Bertz CT molecular complexity index is 970. The predicted octanol–water partition coefficient (Wildman–Crippen LogP) is 8.85. The number of para-hydroxylation sites is 4. The molecule has 1 saturated carbocycles. The van der Waals surface area contributed by atoms with E-state index < -0.39 is 16.8 Å². The largest absolute Gasteiger partial charge is 0.438 e. The van der Waals surface area contributed by atoms with Gasteiger partial charge in [-0.15, -0.1) is 0 Å². The van der Waals surface area contributed by atoms with Gasteiger partial charge in [0.15, 0.2) is 0 Å². The smallest absolute Gasteiger partial charge is 0.294 e. The third-order valence-electron chi connectivity index (χ3n) is 5.74. The van der Waals surface area contributed by atoms with Crippen LogP contribution in [0.3, 0.4) is 0 Å². The average molecular weight is 502 g/mol. The van der Waals surface area contributed by atoms with Crippen molar-refractivity contribution in [3.8, 4) is 23.0 Å². The highest BCUT2D eigenvalue weighted by Gasteiger charge is 2.46. The summed E-state index contributed by atoms with van der Waals surface area (Å²) < 4.78 is 26.1. The van der Waals surface area contributed by atoms with Gasteiger partial charge in [0.05, 0.1) is 11.3 Å². The topological polar surface area (TPSA) is 36.9 Å². The van der Waals surface area contributed by atoms with Crippen LogP contribution in [0.5, 0.6) is 23.0 Å². The van der Waals surface area contributed by atoms with E-state index in [1.54, 1.807) is 0 Å². The Morgan fingerprint density at radius 1 is 0.400 bits per heavy atom. The normalized spacial score (nSPS) is 17.3. The zero-order valence-corrected chi connectivity index (χ0v) is 21.1. The first-order chi connectivity index (χ1) is 17.3. The van der Waals surface area contributed by atoms with E-state index in [1.165, 1.54) is 0 Å². The molecule has 1 aliphatic carbocycles. The molecule has 0 spiro atoms. The molecule has 1 aliphatic rings. The molecule has 5 rings (SSSR count). The van der Waals surface area contributed by atoms with Crippen LogP contribution in [0.15, 0.2) is 121 Å². The second-order valence-electron chi connectivity index (χ2n) is 8.25. The molecule has 0 saturated heterocycles. The SMILES string of the molecule is c1ccc(OP(Oc2ccccc2)[C@H]2CCC[C@@H]2P(Oc2ccccc2)Oc2ccccc2)cc1. The summed E-state index contributed by atoms with van der Waals surface area (Å²) in [4.78, 5) is 0. The number of benzene rings is 4. The highest BCUT2D eigenvalue weighted by atomic mass is 31.2. The molecular weight excluding hydrogens is 474 g/mol. The van der Waals surface area contributed by atoms with Crippen molar-refractivity contribution in [2.45, 2.75) is 30.6 Å². The van der Waals surface area contributed by atoms with Crippen molar-refractivity contribution in [2.24, 2.45) is 0 Å². The molecular formula is C29H28O4P2. The van der Waals surface area contributed by atoms with Crippen LogP contribution in [0.1, 0.15) is 19.3 Å². The van der Waals surface area contributed by atoms with Crippen molar-refractivity contribution in [1.29, 1.82) is 0 Å². The summed E-state index contributed by atoms with van der Waals surface area (Å²) in [7, 11) is -2.56. The van der Waals surface area contributed by atoms with Crippen LogP contribution in [0.4, 0.5) is 0 Å². The predicted molar refractivity (Wildman–Crippen MR) is 144 cm³/mol. The molecule has 0 heterocycles. The minimum atomic E-state index is -1.28. The third kappa shape index (κ3) is 6.54. The molecule has 4 nitrogen and oxygen atoms in total. The van der Waals surface area contributed by atoms with E-state index in [0.717, 1.165) is 42.3 Å². The molecule has 0 amide bonds. The van der Waals surface area contributed by atoms with Crippen LogP contribution in [0.25, 0.3) is 0 Å². The van der Waals surface area contributed by atoms with E-state index in [-0.39, 0.29) is 11.3 Å². The lowest BCUT2D eigenvalue weighted by molar-refractivity contribution is 0.453. The molecule has 178 valence electrons. The number of hydrogen-bond acceptors (Lipinski definition) is 4. The summed E-state index contributed by atoms with van der Waals surface area (Å²) in [5.74, 6) is 3.27. The quantitative estimate of drug-likeness (QED) is 0.203. The van der Waals surface area contributed by atoms with Crippen LogP contribution in [-0.4, -0.2) is 11.3 Å². The molecule has 4 aromatic rings. The first kappa shape index (κ1) is 23.7. The van der Waals surface area contributed by atoms with E-state index >= 15 is 0 Å². The summed E-state index contributed by atoms with van der Waals surface area (Å²) in [5.41, 5.74) is 0.341. The van der Waals surface area contributed by atoms with Crippen LogP contribution in [-0.2, 0) is 0 Å². The van der Waals surface area contributed by atoms with Gasteiger partial charge in [-0.05, 0) is 61.4 Å². The minimum absolute atomic E-state index is 0.170. The maximum Gasteiger partial charge on any atom is 0.294 e. The minimum Gasteiger partial charge on any atom is -0.438 e. The summed E-state index contributed by atoms with van der Waals surface area (Å²) >= 11 is 0. The fourth-order valence-electron chi connectivity index (χ4n) is 4.06. The molecule has 2 atom stereocenters. The zero-order valence-electron chi connectivity index (χ0n) is 19.4. The molecule has 0 bridgehead atoms. The molecule has 35 heavy (non-hydrogen) atoms. The Morgan fingerprint density at radius 3 is 0.914 bits per heavy atom. The van der Waals surface area contributed by atoms with Crippen molar-refractivity contribution in [3.05, 3.63) is 121 Å². The highest BCUT2D eigenvalue weighted by molar-refractivity contribution is 7.53. The Balaban J connectivity index is 1.43. The Labute approximate surface area is 209 Å². The molecule has 1 fully saturated rings. The molecule has 0 unspecified atom stereocenters. The van der Waals surface area contributed by atoms with Gasteiger partial charge in [0.1, 0.15) is 23.0 Å². The van der Waals surface area contributed by atoms with Gasteiger partial charge >= 0.3 is 0 Å². The first-order valence-corrected chi connectivity index (χ1v) is 14.3. The zero-order chi connectivity index (χ0) is 23.7. The van der Waals surface area contributed by atoms with E-state index in [2.05, 4.69) is 0 Å². The second kappa shape index (κ2) is 12.1. The third-order valence-corrected chi connectivity index (χ3v) is 9.86. The lowest BCUT2D eigenvalue weighted by Gasteiger charge is -2.31. The van der Waals surface area contributed by atoms with E-state index in [4.69, 9.17) is 18.1 Å². The average Bonchev–Trinajstić information content (AvgIpc) is 3.40. The Hall–Kier alpha value is -3.06. The maximum atomic E-state index is 6.53. The Morgan fingerprint density at radius 2 is 0.657 bits per heavy atom. The summed E-state index contributed by atoms with van der Waals surface area (Å²) in [6, 6.07) is 39.7. The van der Waals surface area contributed by atoms with Crippen LogP contribution >= 0.6 is 16.8 Å². The molecule has 6 heteroatoms. The lowest BCUT2D eigenvalue weighted by Crippen LogP contribution is -2.24. The first-order valence-electron chi connectivity index (χ1n) is 11.9. The molecule has 0 aromatic heterocycles. The van der Waals surface area contributed by atoms with Gasteiger partial charge in [-0.2, -0.15) is 0 Å². The van der Waals surface area contributed by atoms with Gasteiger partial charge < -0.3 is 18.1 Å². The van der Waals surface area contributed by atoms with Crippen LogP contribution in [0, 0.1) is 0 Å². The van der Waals surface area contributed by atoms with Crippen molar-refractivity contribution >= 4 is 16.8 Å². The van der Waals surface area contributed by atoms with Crippen molar-refractivity contribution in [1.82, 2.24) is 0 Å². The molecule has 0 N–H and O–H groups in total. The number of hydrogen-bond donors (Lipinski definition) is 0. The lowest BCUT2D eigenvalue weighted by atomic mass is 10.3. The van der Waals surface area contributed by atoms with Gasteiger partial charge in [-0.3, -0.25) is 0 Å². The summed E-state index contributed by atoms with van der Waals surface area (Å²) in [5, 5.41) is 0. The monoisotopic (exact) mass is 502 g/mol. The number of rotatable bonds is 10. The van der Waals surface area contributed by atoms with Gasteiger partial charge in [0.2, 0.25) is 0 Å². The van der Waals surface area contributed by atoms with E-state index in [9.17, 15) is 0 Å².